The van der Waals surface area contributed by atoms with Crippen LogP contribution in [0.1, 0.15) is 48.5 Å². The van der Waals surface area contributed by atoms with Crippen molar-refractivity contribution in [3.05, 3.63) is 52.2 Å². The van der Waals surface area contributed by atoms with Crippen LogP contribution in [0.25, 0.3) is 0 Å². The molecule has 2 aliphatic heterocycles. The van der Waals surface area contributed by atoms with Crippen molar-refractivity contribution < 1.29 is 14.4 Å². The standard InChI is InChI=1S/C21H23N3O3S/c1-21-10-8-19(26)24(21)17-6-3-2-5-16(17)20(27)23(21)11-4-7-18(25)22-13-15-9-12-28-14-15/h2-3,5-6,9,12,14H,4,7-8,10-11,13H2,1H3,(H,22,25). The Kier molecular flexibility index (Phi) is 4.93. The van der Waals surface area contributed by atoms with E-state index in [9.17, 15) is 14.4 Å². The largest absolute Gasteiger partial charge is 0.352 e. The SMILES string of the molecule is CC12CCC(=O)N1c1ccccc1C(=O)N2CCCC(=O)NCc1ccsc1. The minimum Gasteiger partial charge on any atom is -0.352 e. The molecule has 28 heavy (non-hydrogen) atoms. The van der Waals surface area contributed by atoms with E-state index in [1.807, 2.05) is 41.9 Å². The summed E-state index contributed by atoms with van der Waals surface area (Å²) in [4.78, 5) is 41.3. The summed E-state index contributed by atoms with van der Waals surface area (Å²) >= 11 is 1.60. The highest BCUT2D eigenvalue weighted by Gasteiger charge is 2.52. The van der Waals surface area contributed by atoms with Crippen molar-refractivity contribution in [3.8, 4) is 0 Å². The lowest BCUT2D eigenvalue weighted by Gasteiger charge is -2.48. The van der Waals surface area contributed by atoms with Gasteiger partial charge in [0, 0.05) is 25.9 Å². The van der Waals surface area contributed by atoms with Crippen molar-refractivity contribution in [3.63, 3.8) is 0 Å². The molecule has 4 rings (SSSR count). The van der Waals surface area contributed by atoms with Crippen molar-refractivity contribution in [1.29, 1.82) is 0 Å². The van der Waals surface area contributed by atoms with Gasteiger partial charge in [-0.1, -0.05) is 12.1 Å². The number of hydrogen-bond donors (Lipinski definition) is 1. The van der Waals surface area contributed by atoms with Crippen molar-refractivity contribution in [2.75, 3.05) is 11.4 Å². The third kappa shape index (κ3) is 3.20. The van der Waals surface area contributed by atoms with Gasteiger partial charge >= 0.3 is 0 Å². The van der Waals surface area contributed by atoms with Gasteiger partial charge in [0.05, 0.1) is 11.3 Å². The number of nitrogens with zero attached hydrogens (tertiary/aromatic N) is 2. The van der Waals surface area contributed by atoms with Crippen molar-refractivity contribution in [2.24, 2.45) is 0 Å². The number of carbonyl (C=O) groups excluding carboxylic acids is 3. The Morgan fingerprint density at radius 3 is 2.86 bits per heavy atom. The number of amides is 3. The summed E-state index contributed by atoms with van der Waals surface area (Å²) in [5.74, 6) is -0.0516. The summed E-state index contributed by atoms with van der Waals surface area (Å²) in [5.41, 5.74) is 1.68. The molecule has 6 nitrogen and oxygen atoms in total. The first-order valence-corrected chi connectivity index (χ1v) is 10.5. The maximum atomic E-state index is 13.1. The van der Waals surface area contributed by atoms with Gasteiger partial charge in [-0.25, -0.2) is 0 Å². The number of para-hydroxylation sites is 1. The lowest BCUT2D eigenvalue weighted by molar-refractivity contribution is -0.121. The van der Waals surface area contributed by atoms with E-state index in [0.717, 1.165) is 5.56 Å². The van der Waals surface area contributed by atoms with Crippen LogP contribution in [0.4, 0.5) is 5.69 Å². The van der Waals surface area contributed by atoms with Crippen LogP contribution >= 0.6 is 11.3 Å². The molecule has 0 radical (unpaired) electrons. The molecule has 1 saturated heterocycles. The Balaban J connectivity index is 1.43. The molecule has 1 aromatic carbocycles. The molecule has 146 valence electrons. The van der Waals surface area contributed by atoms with Crippen LogP contribution < -0.4 is 10.2 Å². The van der Waals surface area contributed by atoms with Crippen molar-refractivity contribution in [1.82, 2.24) is 10.2 Å². The average Bonchev–Trinajstić information content (AvgIpc) is 3.31. The third-order valence-corrected chi connectivity index (χ3v) is 6.33. The summed E-state index contributed by atoms with van der Waals surface area (Å²) in [6.07, 6.45) is 1.94. The van der Waals surface area contributed by atoms with Crippen molar-refractivity contribution >= 4 is 34.7 Å². The molecule has 1 fully saturated rings. The Hall–Kier alpha value is -2.67. The topological polar surface area (TPSA) is 69.7 Å². The number of carbonyl (C=O) groups is 3. The van der Waals surface area contributed by atoms with Gasteiger partial charge in [0.2, 0.25) is 11.8 Å². The molecule has 0 bridgehead atoms. The van der Waals surface area contributed by atoms with E-state index < -0.39 is 5.66 Å². The first-order chi connectivity index (χ1) is 13.5. The molecule has 1 N–H and O–H groups in total. The molecule has 1 aromatic heterocycles. The second-order valence-electron chi connectivity index (χ2n) is 7.43. The molecular weight excluding hydrogens is 374 g/mol. The predicted octanol–water partition coefficient (Wildman–Crippen LogP) is 3.14. The number of rotatable bonds is 6. The van der Waals surface area contributed by atoms with Gasteiger partial charge in [-0.3, -0.25) is 19.3 Å². The molecule has 1 unspecified atom stereocenters. The van der Waals surface area contributed by atoms with Gasteiger partial charge in [0.1, 0.15) is 5.66 Å². The zero-order valence-corrected chi connectivity index (χ0v) is 16.6. The van der Waals surface area contributed by atoms with Gasteiger partial charge in [0.15, 0.2) is 0 Å². The maximum Gasteiger partial charge on any atom is 0.257 e. The normalized spacial score (nSPS) is 20.9. The van der Waals surface area contributed by atoms with Crippen LogP contribution in [0.15, 0.2) is 41.1 Å². The third-order valence-electron chi connectivity index (χ3n) is 5.60. The Labute approximate surface area is 168 Å². The lowest BCUT2D eigenvalue weighted by atomic mass is 9.98. The van der Waals surface area contributed by atoms with Crippen molar-refractivity contribution in [2.45, 2.75) is 44.8 Å². The van der Waals surface area contributed by atoms with Crippen LogP contribution in [-0.4, -0.2) is 34.8 Å². The van der Waals surface area contributed by atoms with Crippen LogP contribution in [-0.2, 0) is 16.1 Å². The number of nitrogens with one attached hydrogen (secondary N) is 1. The fourth-order valence-corrected chi connectivity index (χ4v) is 4.79. The summed E-state index contributed by atoms with van der Waals surface area (Å²) in [6, 6.07) is 9.26. The van der Waals surface area contributed by atoms with Gasteiger partial charge in [-0.2, -0.15) is 11.3 Å². The molecule has 2 aromatic rings. The summed E-state index contributed by atoms with van der Waals surface area (Å²) in [5, 5.41) is 6.91. The lowest BCUT2D eigenvalue weighted by Crippen LogP contribution is -2.62. The average molecular weight is 398 g/mol. The van der Waals surface area contributed by atoms with Gasteiger partial charge in [-0.15, -0.1) is 0 Å². The monoisotopic (exact) mass is 397 g/mol. The highest BCUT2D eigenvalue weighted by molar-refractivity contribution is 7.07. The van der Waals surface area contributed by atoms with E-state index in [2.05, 4.69) is 5.32 Å². The number of benzene rings is 1. The fourth-order valence-electron chi connectivity index (χ4n) is 4.12. The molecule has 0 aliphatic carbocycles. The second kappa shape index (κ2) is 7.39. The molecule has 1 atom stereocenters. The minimum atomic E-state index is -0.657. The maximum absolute atomic E-state index is 13.1. The first kappa shape index (κ1) is 18.7. The van der Waals surface area contributed by atoms with E-state index in [1.54, 1.807) is 27.2 Å². The number of thiophene rings is 1. The van der Waals surface area contributed by atoms with Crippen LogP contribution in [0.3, 0.4) is 0 Å². The van der Waals surface area contributed by atoms with Gasteiger partial charge < -0.3 is 10.2 Å². The predicted molar refractivity (Wildman–Crippen MR) is 108 cm³/mol. The van der Waals surface area contributed by atoms with Gasteiger partial charge in [0.25, 0.3) is 5.91 Å². The Bertz CT molecular complexity index is 911. The zero-order valence-electron chi connectivity index (χ0n) is 15.8. The summed E-state index contributed by atoms with van der Waals surface area (Å²) in [6.45, 7) is 2.92. The smallest absolute Gasteiger partial charge is 0.257 e. The molecule has 3 amide bonds. The highest BCUT2D eigenvalue weighted by atomic mass is 32.1. The second-order valence-corrected chi connectivity index (χ2v) is 8.21. The van der Waals surface area contributed by atoms with Crippen LogP contribution in [0.5, 0.6) is 0 Å². The molecule has 0 saturated carbocycles. The minimum absolute atomic E-state index is 0.0273. The van der Waals surface area contributed by atoms with E-state index in [0.29, 0.717) is 50.0 Å². The number of hydrogen-bond acceptors (Lipinski definition) is 4. The molecule has 2 aliphatic rings. The fraction of sp³-hybridized carbons (Fsp3) is 0.381. The number of anilines is 1. The van der Waals surface area contributed by atoms with Crippen LogP contribution in [0.2, 0.25) is 0 Å². The van der Waals surface area contributed by atoms with E-state index in [-0.39, 0.29) is 17.7 Å². The summed E-state index contributed by atoms with van der Waals surface area (Å²) < 4.78 is 0. The first-order valence-electron chi connectivity index (χ1n) is 9.52. The molecule has 7 heteroatoms. The molecular formula is C21H23N3O3S. The zero-order chi connectivity index (χ0) is 19.7. The Morgan fingerprint density at radius 1 is 1.25 bits per heavy atom. The Morgan fingerprint density at radius 2 is 2.07 bits per heavy atom. The highest BCUT2D eigenvalue weighted by Crippen LogP contribution is 2.43. The molecule has 0 spiro atoms. The van der Waals surface area contributed by atoms with E-state index >= 15 is 0 Å². The van der Waals surface area contributed by atoms with Gasteiger partial charge in [-0.05, 0) is 54.3 Å². The van der Waals surface area contributed by atoms with E-state index in [4.69, 9.17) is 0 Å². The quantitative estimate of drug-likeness (QED) is 0.814. The molecule has 3 heterocycles. The summed E-state index contributed by atoms with van der Waals surface area (Å²) in [7, 11) is 0. The van der Waals surface area contributed by atoms with E-state index in [1.165, 1.54) is 0 Å². The number of fused-ring (bicyclic) bond motifs is 3. The van der Waals surface area contributed by atoms with Crippen LogP contribution in [0, 0.1) is 0 Å².